The largest absolute Gasteiger partial charge is 0.347 e. The molecule has 0 fully saturated rings. The van der Waals surface area contributed by atoms with Gasteiger partial charge in [0, 0.05) is 11.3 Å². The van der Waals surface area contributed by atoms with Gasteiger partial charge in [0.1, 0.15) is 6.67 Å². The highest BCUT2D eigenvalue weighted by Gasteiger charge is 2.14. The Balaban J connectivity index is 2.42. The van der Waals surface area contributed by atoms with Crippen molar-refractivity contribution in [2.45, 2.75) is 19.4 Å². The van der Waals surface area contributed by atoms with E-state index in [1.54, 1.807) is 18.7 Å². The van der Waals surface area contributed by atoms with Crippen molar-refractivity contribution in [3.05, 3.63) is 11.6 Å². The number of amides is 1. The fourth-order valence-corrected chi connectivity index (χ4v) is 1.97. The zero-order chi connectivity index (χ0) is 9.68. The molecule has 1 aliphatic heterocycles. The van der Waals surface area contributed by atoms with Gasteiger partial charge in [-0.25, -0.2) is 4.39 Å². The zero-order valence-electron chi connectivity index (χ0n) is 7.68. The summed E-state index contributed by atoms with van der Waals surface area (Å²) in [5.74, 6) is 1.72. The minimum atomic E-state index is -0.508. The molecule has 0 saturated carbocycles. The van der Waals surface area contributed by atoms with Gasteiger partial charge in [-0.3, -0.25) is 4.79 Å². The first-order valence-corrected chi connectivity index (χ1v) is 5.53. The molecular weight excluding hydrogens is 189 g/mol. The molecule has 0 spiro atoms. The first-order chi connectivity index (χ1) is 6.24. The number of thioether (sulfide) groups is 1. The normalized spacial score (nSPS) is 19.1. The fourth-order valence-electron chi connectivity index (χ4n) is 1.07. The molecule has 0 radical (unpaired) electrons. The van der Waals surface area contributed by atoms with Gasteiger partial charge in [0.25, 0.3) is 0 Å². The lowest BCUT2D eigenvalue weighted by molar-refractivity contribution is -0.118. The van der Waals surface area contributed by atoms with Crippen LogP contribution in [0.2, 0.25) is 0 Å². The molecule has 0 bridgehead atoms. The summed E-state index contributed by atoms with van der Waals surface area (Å²) in [4.78, 5) is 11.4. The van der Waals surface area contributed by atoms with Crippen molar-refractivity contribution in [3.8, 4) is 0 Å². The number of alkyl halides is 1. The summed E-state index contributed by atoms with van der Waals surface area (Å²) in [6.07, 6.45) is 2.88. The maximum Gasteiger partial charge on any atom is 0.248 e. The van der Waals surface area contributed by atoms with E-state index in [4.69, 9.17) is 0 Å². The first-order valence-electron chi connectivity index (χ1n) is 4.37. The molecule has 0 saturated heterocycles. The number of rotatable bonds is 3. The van der Waals surface area contributed by atoms with Crippen molar-refractivity contribution in [1.82, 2.24) is 5.32 Å². The predicted octanol–water partition coefficient (Wildman–Crippen LogP) is 1.52. The number of hydrogen-bond donors (Lipinski definition) is 1. The quantitative estimate of drug-likeness (QED) is 0.753. The molecule has 13 heavy (non-hydrogen) atoms. The standard InChI is InChI=1S/C9H14FNOS/c1-7(5-10)11-9(12)8-3-2-4-13-6-8/h3,7H,2,4-6H2,1H3,(H,11,12). The van der Waals surface area contributed by atoms with E-state index in [1.165, 1.54) is 0 Å². The van der Waals surface area contributed by atoms with Crippen LogP contribution in [-0.4, -0.2) is 30.1 Å². The third kappa shape index (κ3) is 3.38. The lowest BCUT2D eigenvalue weighted by Gasteiger charge is -2.14. The smallest absolute Gasteiger partial charge is 0.248 e. The van der Waals surface area contributed by atoms with Gasteiger partial charge in [-0.05, 0) is 19.1 Å². The summed E-state index contributed by atoms with van der Waals surface area (Å²) in [5, 5.41) is 2.60. The Hall–Kier alpha value is -0.510. The third-order valence-electron chi connectivity index (χ3n) is 1.81. The van der Waals surface area contributed by atoms with Gasteiger partial charge in [0.05, 0.1) is 6.04 Å². The average molecular weight is 203 g/mol. The van der Waals surface area contributed by atoms with Gasteiger partial charge in [-0.15, -0.1) is 0 Å². The van der Waals surface area contributed by atoms with E-state index in [9.17, 15) is 9.18 Å². The minimum Gasteiger partial charge on any atom is -0.347 e. The third-order valence-corrected chi connectivity index (χ3v) is 2.85. The second-order valence-corrected chi connectivity index (χ2v) is 4.20. The van der Waals surface area contributed by atoms with Crippen LogP contribution < -0.4 is 5.32 Å². The number of carbonyl (C=O) groups excluding carboxylic acids is 1. The van der Waals surface area contributed by atoms with E-state index in [-0.39, 0.29) is 11.9 Å². The molecule has 0 aliphatic carbocycles. The lowest BCUT2D eigenvalue weighted by atomic mass is 10.2. The van der Waals surface area contributed by atoms with Crippen molar-refractivity contribution in [1.29, 1.82) is 0 Å². The Kier molecular flexibility index (Phi) is 4.28. The van der Waals surface area contributed by atoms with Crippen LogP contribution in [-0.2, 0) is 4.79 Å². The van der Waals surface area contributed by atoms with Crippen LogP contribution in [0.4, 0.5) is 4.39 Å². The van der Waals surface area contributed by atoms with Gasteiger partial charge in [-0.1, -0.05) is 6.08 Å². The van der Waals surface area contributed by atoms with Gasteiger partial charge < -0.3 is 5.32 Å². The Morgan fingerprint density at radius 3 is 3.15 bits per heavy atom. The van der Waals surface area contributed by atoms with E-state index in [1.807, 2.05) is 6.08 Å². The molecule has 0 aromatic heterocycles. The average Bonchev–Trinajstić information content (AvgIpc) is 2.19. The maximum absolute atomic E-state index is 12.1. The first kappa shape index (κ1) is 10.6. The summed E-state index contributed by atoms with van der Waals surface area (Å²) in [6.45, 7) is 1.15. The van der Waals surface area contributed by atoms with Crippen molar-refractivity contribution < 1.29 is 9.18 Å². The molecule has 1 heterocycles. The second-order valence-electron chi connectivity index (χ2n) is 3.10. The molecule has 2 nitrogen and oxygen atoms in total. The molecule has 4 heteroatoms. The minimum absolute atomic E-state index is 0.114. The highest BCUT2D eigenvalue weighted by atomic mass is 32.2. The molecule has 1 unspecified atom stereocenters. The second kappa shape index (κ2) is 5.27. The van der Waals surface area contributed by atoms with E-state index < -0.39 is 6.67 Å². The number of allylic oxidation sites excluding steroid dienone is 1. The summed E-state index contributed by atoms with van der Waals surface area (Å²) < 4.78 is 12.1. The van der Waals surface area contributed by atoms with Crippen LogP contribution in [0.1, 0.15) is 13.3 Å². The monoisotopic (exact) mass is 203 g/mol. The molecule has 1 rings (SSSR count). The molecule has 0 aromatic carbocycles. The molecule has 1 aliphatic rings. The van der Waals surface area contributed by atoms with E-state index in [0.717, 1.165) is 23.5 Å². The number of nitrogens with one attached hydrogen (secondary N) is 1. The Bertz CT molecular complexity index is 218. The summed E-state index contributed by atoms with van der Waals surface area (Å²) >= 11 is 1.74. The molecule has 1 N–H and O–H groups in total. The van der Waals surface area contributed by atoms with Gasteiger partial charge in [0.15, 0.2) is 0 Å². The molecular formula is C9H14FNOS. The number of carbonyl (C=O) groups is 1. The van der Waals surface area contributed by atoms with Gasteiger partial charge >= 0.3 is 0 Å². The van der Waals surface area contributed by atoms with Crippen molar-refractivity contribution >= 4 is 17.7 Å². The number of halogens is 1. The summed E-state index contributed by atoms with van der Waals surface area (Å²) in [7, 11) is 0. The predicted molar refractivity (Wildman–Crippen MR) is 53.6 cm³/mol. The van der Waals surface area contributed by atoms with Crippen molar-refractivity contribution in [3.63, 3.8) is 0 Å². The van der Waals surface area contributed by atoms with Gasteiger partial charge in [-0.2, -0.15) is 11.8 Å². The highest BCUT2D eigenvalue weighted by molar-refractivity contribution is 7.99. The Labute approximate surface area is 82.0 Å². The van der Waals surface area contributed by atoms with Crippen LogP contribution in [0.15, 0.2) is 11.6 Å². The van der Waals surface area contributed by atoms with Crippen LogP contribution in [0, 0.1) is 0 Å². The topological polar surface area (TPSA) is 29.1 Å². The lowest BCUT2D eigenvalue weighted by Crippen LogP contribution is -2.35. The van der Waals surface area contributed by atoms with Gasteiger partial charge in [0.2, 0.25) is 5.91 Å². The van der Waals surface area contributed by atoms with Crippen LogP contribution >= 0.6 is 11.8 Å². The Morgan fingerprint density at radius 1 is 1.85 bits per heavy atom. The summed E-state index contributed by atoms with van der Waals surface area (Å²) in [5.41, 5.74) is 0.788. The van der Waals surface area contributed by atoms with Crippen molar-refractivity contribution in [2.75, 3.05) is 18.2 Å². The molecule has 1 amide bonds. The van der Waals surface area contributed by atoms with E-state index >= 15 is 0 Å². The zero-order valence-corrected chi connectivity index (χ0v) is 8.49. The highest BCUT2D eigenvalue weighted by Crippen LogP contribution is 2.16. The van der Waals surface area contributed by atoms with Crippen LogP contribution in [0.25, 0.3) is 0 Å². The van der Waals surface area contributed by atoms with Crippen LogP contribution in [0.3, 0.4) is 0 Å². The van der Waals surface area contributed by atoms with E-state index in [0.29, 0.717) is 0 Å². The van der Waals surface area contributed by atoms with E-state index in [2.05, 4.69) is 5.32 Å². The Morgan fingerprint density at radius 2 is 2.62 bits per heavy atom. The SMILES string of the molecule is CC(CF)NC(=O)C1=CCCSC1. The molecule has 0 aromatic rings. The fraction of sp³-hybridized carbons (Fsp3) is 0.667. The van der Waals surface area contributed by atoms with Crippen molar-refractivity contribution in [2.24, 2.45) is 0 Å². The molecule has 1 atom stereocenters. The maximum atomic E-state index is 12.1. The molecule has 74 valence electrons. The van der Waals surface area contributed by atoms with Crippen LogP contribution in [0.5, 0.6) is 0 Å². The summed E-state index contributed by atoms with van der Waals surface area (Å²) in [6, 6.07) is -0.375. The number of hydrogen-bond acceptors (Lipinski definition) is 2.